The van der Waals surface area contributed by atoms with Crippen molar-refractivity contribution in [3.8, 4) is 5.75 Å². The van der Waals surface area contributed by atoms with Gasteiger partial charge in [0.1, 0.15) is 5.75 Å². The fourth-order valence-electron chi connectivity index (χ4n) is 2.23. The number of hydrogen-bond donors (Lipinski definition) is 1. The smallest absolute Gasteiger partial charge is 0.137 e. The van der Waals surface area contributed by atoms with Crippen LogP contribution < -0.4 is 10.1 Å². The van der Waals surface area contributed by atoms with Crippen LogP contribution in [0.25, 0.3) is 0 Å². The third-order valence-electron chi connectivity index (χ3n) is 3.05. The van der Waals surface area contributed by atoms with Gasteiger partial charge in [-0.3, -0.25) is 0 Å². The SMILES string of the molecule is COc1ccc(C)c(C2CCNC2)c1Cl. The highest BCUT2D eigenvalue weighted by Crippen LogP contribution is 2.37. The van der Waals surface area contributed by atoms with Gasteiger partial charge in [-0.05, 0) is 43.0 Å². The van der Waals surface area contributed by atoms with Crippen LogP contribution >= 0.6 is 11.6 Å². The van der Waals surface area contributed by atoms with Gasteiger partial charge in [0.05, 0.1) is 12.1 Å². The molecule has 2 rings (SSSR count). The molecule has 3 heteroatoms. The number of methoxy groups -OCH3 is 1. The molecule has 1 saturated heterocycles. The number of aryl methyl sites for hydroxylation is 1. The van der Waals surface area contributed by atoms with Crippen molar-refractivity contribution in [2.45, 2.75) is 19.3 Å². The summed E-state index contributed by atoms with van der Waals surface area (Å²) in [6, 6.07) is 4.02. The molecule has 0 aromatic heterocycles. The van der Waals surface area contributed by atoms with E-state index in [-0.39, 0.29) is 0 Å². The zero-order valence-electron chi connectivity index (χ0n) is 9.14. The Morgan fingerprint density at radius 3 is 2.87 bits per heavy atom. The lowest BCUT2D eigenvalue weighted by molar-refractivity contribution is 0.414. The standard InChI is InChI=1S/C12H16ClNO/c1-8-3-4-10(15-2)12(13)11(8)9-5-6-14-7-9/h3-4,9,14H,5-7H2,1-2H3. The molecule has 2 nitrogen and oxygen atoms in total. The van der Waals surface area contributed by atoms with E-state index in [2.05, 4.69) is 18.3 Å². The van der Waals surface area contributed by atoms with E-state index in [1.54, 1.807) is 7.11 Å². The van der Waals surface area contributed by atoms with Gasteiger partial charge in [-0.1, -0.05) is 17.7 Å². The first-order chi connectivity index (χ1) is 7.24. The van der Waals surface area contributed by atoms with Crippen LogP contribution in [-0.4, -0.2) is 20.2 Å². The molecule has 1 heterocycles. The van der Waals surface area contributed by atoms with Crippen LogP contribution in [0.1, 0.15) is 23.5 Å². The predicted molar refractivity (Wildman–Crippen MR) is 63.0 cm³/mol. The van der Waals surface area contributed by atoms with Crippen LogP contribution in [0, 0.1) is 6.92 Å². The van der Waals surface area contributed by atoms with E-state index in [0.29, 0.717) is 5.92 Å². The highest BCUT2D eigenvalue weighted by Gasteiger charge is 2.22. The third kappa shape index (κ3) is 1.97. The van der Waals surface area contributed by atoms with Gasteiger partial charge in [0.25, 0.3) is 0 Å². The normalized spacial score (nSPS) is 20.6. The van der Waals surface area contributed by atoms with Gasteiger partial charge < -0.3 is 10.1 Å². The average molecular weight is 226 g/mol. The van der Waals surface area contributed by atoms with Crippen LogP contribution in [0.4, 0.5) is 0 Å². The van der Waals surface area contributed by atoms with E-state index in [4.69, 9.17) is 16.3 Å². The Morgan fingerprint density at radius 1 is 1.47 bits per heavy atom. The Balaban J connectivity index is 2.43. The van der Waals surface area contributed by atoms with Crippen molar-refractivity contribution in [3.05, 3.63) is 28.3 Å². The third-order valence-corrected chi connectivity index (χ3v) is 3.44. The molecule has 0 saturated carbocycles. The Morgan fingerprint density at radius 2 is 2.27 bits per heavy atom. The van der Waals surface area contributed by atoms with Crippen LogP contribution in [0.15, 0.2) is 12.1 Å². The van der Waals surface area contributed by atoms with E-state index in [1.807, 2.05) is 6.07 Å². The van der Waals surface area contributed by atoms with Crippen molar-refractivity contribution in [2.75, 3.05) is 20.2 Å². The van der Waals surface area contributed by atoms with Crippen molar-refractivity contribution in [2.24, 2.45) is 0 Å². The molecule has 15 heavy (non-hydrogen) atoms. The summed E-state index contributed by atoms with van der Waals surface area (Å²) >= 11 is 6.34. The molecular formula is C12H16ClNO. The quantitative estimate of drug-likeness (QED) is 0.836. The second kappa shape index (κ2) is 4.42. The number of nitrogens with one attached hydrogen (secondary N) is 1. The van der Waals surface area contributed by atoms with Crippen LogP contribution in [0.5, 0.6) is 5.75 Å². The lowest BCUT2D eigenvalue weighted by Gasteiger charge is -2.16. The minimum absolute atomic E-state index is 0.535. The maximum absolute atomic E-state index is 6.34. The van der Waals surface area contributed by atoms with Gasteiger partial charge in [-0.2, -0.15) is 0 Å². The monoisotopic (exact) mass is 225 g/mol. The Bertz CT molecular complexity index is 359. The molecule has 1 N–H and O–H groups in total. The molecule has 0 spiro atoms. The molecule has 0 radical (unpaired) electrons. The molecule has 1 aliphatic heterocycles. The minimum atomic E-state index is 0.535. The zero-order chi connectivity index (χ0) is 10.8. The minimum Gasteiger partial charge on any atom is -0.495 e. The van der Waals surface area contributed by atoms with Gasteiger partial charge in [0, 0.05) is 6.54 Å². The van der Waals surface area contributed by atoms with Crippen molar-refractivity contribution >= 4 is 11.6 Å². The summed E-state index contributed by atoms with van der Waals surface area (Å²) in [4.78, 5) is 0. The first-order valence-corrected chi connectivity index (χ1v) is 5.65. The predicted octanol–water partition coefficient (Wildman–Crippen LogP) is 2.73. The summed E-state index contributed by atoms with van der Waals surface area (Å²) in [5.74, 6) is 1.32. The van der Waals surface area contributed by atoms with Gasteiger partial charge in [0.15, 0.2) is 0 Å². The number of benzene rings is 1. The summed E-state index contributed by atoms with van der Waals surface area (Å²) in [7, 11) is 1.66. The van der Waals surface area contributed by atoms with E-state index >= 15 is 0 Å². The van der Waals surface area contributed by atoms with E-state index in [1.165, 1.54) is 11.1 Å². The Labute approximate surface area is 95.6 Å². The van der Waals surface area contributed by atoms with E-state index < -0.39 is 0 Å². The second-order valence-electron chi connectivity index (χ2n) is 4.00. The molecule has 1 atom stereocenters. The average Bonchev–Trinajstić information content (AvgIpc) is 2.71. The molecule has 0 amide bonds. The van der Waals surface area contributed by atoms with Crippen molar-refractivity contribution < 1.29 is 4.74 Å². The van der Waals surface area contributed by atoms with Gasteiger partial charge in [0.2, 0.25) is 0 Å². The second-order valence-corrected chi connectivity index (χ2v) is 4.38. The van der Waals surface area contributed by atoms with Crippen molar-refractivity contribution in [3.63, 3.8) is 0 Å². The number of ether oxygens (including phenoxy) is 1. The van der Waals surface area contributed by atoms with Crippen molar-refractivity contribution in [1.29, 1.82) is 0 Å². The highest BCUT2D eigenvalue weighted by atomic mass is 35.5. The molecule has 0 bridgehead atoms. The van der Waals surface area contributed by atoms with E-state index in [9.17, 15) is 0 Å². The topological polar surface area (TPSA) is 21.3 Å². The molecule has 0 aliphatic carbocycles. The summed E-state index contributed by atoms with van der Waals surface area (Å²) < 4.78 is 5.25. The van der Waals surface area contributed by atoms with Crippen molar-refractivity contribution in [1.82, 2.24) is 5.32 Å². The first kappa shape index (κ1) is 10.8. The maximum atomic E-state index is 6.34. The molecule has 1 fully saturated rings. The molecule has 1 aliphatic rings. The summed E-state index contributed by atoms with van der Waals surface area (Å²) in [6.45, 7) is 4.21. The van der Waals surface area contributed by atoms with Crippen LogP contribution in [0.2, 0.25) is 5.02 Å². The Hall–Kier alpha value is -0.730. The number of hydrogen-bond acceptors (Lipinski definition) is 2. The first-order valence-electron chi connectivity index (χ1n) is 5.27. The summed E-state index contributed by atoms with van der Waals surface area (Å²) in [6.07, 6.45) is 1.16. The number of halogens is 1. The van der Waals surface area contributed by atoms with Crippen LogP contribution in [0.3, 0.4) is 0 Å². The van der Waals surface area contributed by atoms with Gasteiger partial charge in [-0.25, -0.2) is 0 Å². The van der Waals surface area contributed by atoms with Crippen LogP contribution in [-0.2, 0) is 0 Å². The molecule has 1 unspecified atom stereocenters. The highest BCUT2D eigenvalue weighted by molar-refractivity contribution is 6.33. The zero-order valence-corrected chi connectivity index (χ0v) is 9.90. The molecular weight excluding hydrogens is 210 g/mol. The van der Waals surface area contributed by atoms with E-state index in [0.717, 1.165) is 30.3 Å². The van der Waals surface area contributed by atoms with Gasteiger partial charge in [-0.15, -0.1) is 0 Å². The molecule has 82 valence electrons. The number of rotatable bonds is 2. The summed E-state index contributed by atoms with van der Waals surface area (Å²) in [5, 5.41) is 4.15. The lowest BCUT2D eigenvalue weighted by Crippen LogP contribution is -2.09. The largest absolute Gasteiger partial charge is 0.495 e. The fraction of sp³-hybridized carbons (Fsp3) is 0.500. The molecule has 1 aromatic rings. The molecule has 1 aromatic carbocycles. The van der Waals surface area contributed by atoms with Gasteiger partial charge >= 0.3 is 0 Å². The maximum Gasteiger partial charge on any atom is 0.137 e. The summed E-state index contributed by atoms with van der Waals surface area (Å²) in [5.41, 5.74) is 2.51. The fourth-order valence-corrected chi connectivity index (χ4v) is 2.67. The lowest BCUT2D eigenvalue weighted by atomic mass is 9.94. The Kier molecular flexibility index (Phi) is 3.17.